The lowest BCUT2D eigenvalue weighted by Gasteiger charge is -2.21. The molecule has 0 radical (unpaired) electrons. The fourth-order valence-electron chi connectivity index (χ4n) is 3.31. The van der Waals surface area contributed by atoms with Gasteiger partial charge in [-0.15, -0.1) is 0 Å². The predicted molar refractivity (Wildman–Crippen MR) is 112 cm³/mol. The maximum absolute atomic E-state index is 6.03. The van der Waals surface area contributed by atoms with Crippen molar-refractivity contribution in [2.45, 2.75) is 39.5 Å². The summed E-state index contributed by atoms with van der Waals surface area (Å²) in [6.07, 6.45) is 6.69. The van der Waals surface area contributed by atoms with Crippen molar-refractivity contribution in [3.63, 3.8) is 0 Å². The Kier molecular flexibility index (Phi) is 7.09. The summed E-state index contributed by atoms with van der Waals surface area (Å²) in [4.78, 5) is 4.07. The molecular weight excluding hydrogens is 350 g/mol. The van der Waals surface area contributed by atoms with Gasteiger partial charge in [0.05, 0.1) is 13.4 Å². The number of methoxy groups -OCH3 is 1. The van der Waals surface area contributed by atoms with Crippen LogP contribution in [0.25, 0.3) is 0 Å². The van der Waals surface area contributed by atoms with Gasteiger partial charge in [0.2, 0.25) is 0 Å². The van der Waals surface area contributed by atoms with E-state index in [0.717, 1.165) is 47.7 Å². The molecule has 1 atom stereocenters. The zero-order valence-electron chi connectivity index (χ0n) is 16.9. The van der Waals surface area contributed by atoms with E-state index in [4.69, 9.17) is 9.47 Å². The molecule has 3 aromatic rings. The molecule has 1 N–H and O–H groups in total. The normalized spacial score (nSPS) is 12.0. The summed E-state index contributed by atoms with van der Waals surface area (Å²) in [5, 5.41) is 3.59. The molecule has 5 heteroatoms. The van der Waals surface area contributed by atoms with Gasteiger partial charge in [0.1, 0.15) is 18.1 Å². The van der Waals surface area contributed by atoms with Crippen LogP contribution in [0.15, 0.2) is 61.2 Å². The van der Waals surface area contributed by atoms with Crippen molar-refractivity contribution in [3.8, 4) is 11.5 Å². The van der Waals surface area contributed by atoms with Gasteiger partial charge in [0.25, 0.3) is 0 Å². The molecule has 0 saturated heterocycles. The number of benzene rings is 2. The van der Waals surface area contributed by atoms with Gasteiger partial charge in [-0.2, -0.15) is 0 Å². The molecule has 28 heavy (non-hydrogen) atoms. The Labute approximate surface area is 167 Å². The molecule has 0 spiro atoms. The highest BCUT2D eigenvalue weighted by Crippen LogP contribution is 2.35. The van der Waals surface area contributed by atoms with Crippen molar-refractivity contribution in [1.82, 2.24) is 14.9 Å². The smallest absolute Gasteiger partial charge is 0.130 e. The lowest BCUT2D eigenvalue weighted by Crippen LogP contribution is -2.21. The molecule has 2 aromatic carbocycles. The van der Waals surface area contributed by atoms with Crippen molar-refractivity contribution in [3.05, 3.63) is 77.9 Å². The molecule has 1 unspecified atom stereocenters. The van der Waals surface area contributed by atoms with Gasteiger partial charge in [-0.1, -0.05) is 36.4 Å². The highest BCUT2D eigenvalue weighted by Gasteiger charge is 2.16. The van der Waals surface area contributed by atoms with Crippen LogP contribution in [-0.2, 0) is 13.2 Å². The third kappa shape index (κ3) is 5.14. The first-order valence-corrected chi connectivity index (χ1v) is 9.72. The van der Waals surface area contributed by atoms with Crippen LogP contribution in [0.2, 0.25) is 0 Å². The minimum atomic E-state index is 0.194. The van der Waals surface area contributed by atoms with Crippen molar-refractivity contribution in [2.75, 3.05) is 13.7 Å². The molecule has 5 nitrogen and oxygen atoms in total. The summed E-state index contributed by atoms with van der Waals surface area (Å²) in [6, 6.07) is 14.5. The maximum atomic E-state index is 6.03. The van der Waals surface area contributed by atoms with Gasteiger partial charge < -0.3 is 19.4 Å². The van der Waals surface area contributed by atoms with E-state index >= 15 is 0 Å². The van der Waals surface area contributed by atoms with Crippen LogP contribution in [0.5, 0.6) is 11.5 Å². The minimum Gasteiger partial charge on any atom is -0.496 e. The first-order valence-electron chi connectivity index (χ1n) is 9.72. The largest absolute Gasteiger partial charge is 0.496 e. The Hall–Kier alpha value is -2.79. The van der Waals surface area contributed by atoms with E-state index < -0.39 is 0 Å². The molecule has 0 fully saturated rings. The summed E-state index contributed by atoms with van der Waals surface area (Å²) >= 11 is 0. The number of hydrogen-bond donors (Lipinski definition) is 1. The lowest BCUT2D eigenvalue weighted by molar-refractivity contribution is 0.300. The summed E-state index contributed by atoms with van der Waals surface area (Å²) in [5.41, 5.74) is 3.33. The molecule has 0 bridgehead atoms. The first-order chi connectivity index (χ1) is 13.7. The predicted octanol–water partition coefficient (Wildman–Crippen LogP) is 4.52. The van der Waals surface area contributed by atoms with Crippen LogP contribution in [-0.4, -0.2) is 23.2 Å². The van der Waals surface area contributed by atoms with Gasteiger partial charge >= 0.3 is 0 Å². The van der Waals surface area contributed by atoms with Crippen LogP contribution >= 0.6 is 0 Å². The highest BCUT2D eigenvalue weighted by atomic mass is 16.5. The molecule has 0 aliphatic carbocycles. The minimum absolute atomic E-state index is 0.194. The monoisotopic (exact) mass is 379 g/mol. The average molecular weight is 380 g/mol. The van der Waals surface area contributed by atoms with Crippen molar-refractivity contribution >= 4 is 0 Å². The second-order valence-corrected chi connectivity index (χ2v) is 6.92. The standard InChI is InChI=1S/C23H29N3O2/c1-18-22(28-16-20-8-5-4-6-9-20)11-10-21(23(18)27-3)19(2)25-12-7-14-26-15-13-24-17-26/h4-6,8-11,13,15,17,19,25H,7,12,14,16H2,1-3H3. The van der Waals surface area contributed by atoms with Gasteiger partial charge in [0.15, 0.2) is 0 Å². The number of ether oxygens (including phenoxy) is 2. The van der Waals surface area contributed by atoms with Crippen LogP contribution < -0.4 is 14.8 Å². The molecule has 0 aliphatic heterocycles. The zero-order valence-corrected chi connectivity index (χ0v) is 16.9. The third-order valence-corrected chi connectivity index (χ3v) is 4.90. The maximum Gasteiger partial charge on any atom is 0.130 e. The van der Waals surface area contributed by atoms with Crippen LogP contribution in [0.4, 0.5) is 0 Å². The molecular formula is C23H29N3O2. The van der Waals surface area contributed by atoms with E-state index in [1.54, 1.807) is 7.11 Å². The molecule has 1 aromatic heterocycles. The second-order valence-electron chi connectivity index (χ2n) is 6.92. The van der Waals surface area contributed by atoms with Gasteiger partial charge in [-0.05, 0) is 38.4 Å². The Balaban J connectivity index is 1.59. The van der Waals surface area contributed by atoms with Gasteiger partial charge in [0, 0.05) is 36.1 Å². The molecule has 1 heterocycles. The van der Waals surface area contributed by atoms with Crippen molar-refractivity contribution < 1.29 is 9.47 Å². The first kappa shape index (κ1) is 20.0. The Morgan fingerprint density at radius 2 is 1.96 bits per heavy atom. The molecule has 0 saturated carbocycles. The molecule has 148 valence electrons. The van der Waals surface area contributed by atoms with E-state index in [-0.39, 0.29) is 6.04 Å². The number of nitrogens with zero attached hydrogens (tertiary/aromatic N) is 2. The number of rotatable bonds is 10. The number of nitrogens with one attached hydrogen (secondary N) is 1. The van der Waals surface area contributed by atoms with E-state index in [1.807, 2.05) is 43.0 Å². The Morgan fingerprint density at radius 3 is 2.68 bits per heavy atom. The van der Waals surface area contributed by atoms with Crippen LogP contribution in [0, 0.1) is 6.92 Å². The van der Waals surface area contributed by atoms with E-state index in [9.17, 15) is 0 Å². The molecule has 3 rings (SSSR count). The second kappa shape index (κ2) is 9.95. The van der Waals surface area contributed by atoms with Gasteiger partial charge in [-0.25, -0.2) is 4.98 Å². The molecule has 0 amide bonds. The number of imidazole rings is 1. The van der Waals surface area contributed by atoms with E-state index in [1.165, 1.54) is 0 Å². The Bertz CT molecular complexity index is 848. The number of aryl methyl sites for hydroxylation is 1. The average Bonchev–Trinajstić information content (AvgIpc) is 3.24. The molecule has 0 aliphatic rings. The zero-order chi connectivity index (χ0) is 19.8. The lowest BCUT2D eigenvalue weighted by atomic mass is 10.0. The van der Waals surface area contributed by atoms with Crippen LogP contribution in [0.3, 0.4) is 0 Å². The van der Waals surface area contributed by atoms with E-state index in [0.29, 0.717) is 6.61 Å². The SMILES string of the molecule is COc1c(C(C)NCCCn2ccnc2)ccc(OCc2ccccc2)c1C. The van der Waals surface area contributed by atoms with Crippen LogP contribution in [0.1, 0.15) is 36.1 Å². The van der Waals surface area contributed by atoms with Gasteiger partial charge in [-0.3, -0.25) is 0 Å². The quantitative estimate of drug-likeness (QED) is 0.526. The Morgan fingerprint density at radius 1 is 1.14 bits per heavy atom. The fraction of sp³-hybridized carbons (Fsp3) is 0.348. The number of aromatic nitrogens is 2. The fourth-order valence-corrected chi connectivity index (χ4v) is 3.31. The van der Waals surface area contributed by atoms with Crippen molar-refractivity contribution in [1.29, 1.82) is 0 Å². The topological polar surface area (TPSA) is 48.3 Å². The van der Waals surface area contributed by atoms with Crippen molar-refractivity contribution in [2.24, 2.45) is 0 Å². The summed E-state index contributed by atoms with van der Waals surface area (Å²) in [6.45, 7) is 6.65. The summed E-state index contributed by atoms with van der Waals surface area (Å²) < 4.78 is 13.8. The summed E-state index contributed by atoms with van der Waals surface area (Å²) in [5.74, 6) is 1.75. The highest BCUT2D eigenvalue weighted by molar-refractivity contribution is 5.50. The summed E-state index contributed by atoms with van der Waals surface area (Å²) in [7, 11) is 1.72. The number of hydrogen-bond acceptors (Lipinski definition) is 4. The van der Waals surface area contributed by atoms with E-state index in [2.05, 4.69) is 46.9 Å². The third-order valence-electron chi connectivity index (χ3n) is 4.90.